The van der Waals surface area contributed by atoms with E-state index in [1.807, 2.05) is 0 Å². The Morgan fingerprint density at radius 2 is 1.06 bits per heavy atom. The number of aliphatic hydroxyl groups excluding tert-OH is 1. The van der Waals surface area contributed by atoms with E-state index in [9.17, 15) is 0 Å². The van der Waals surface area contributed by atoms with Crippen LogP contribution in [0.5, 0.6) is 0 Å². The van der Waals surface area contributed by atoms with Gasteiger partial charge in [0.1, 0.15) is 0 Å². The molecule has 0 unspecified atom stereocenters. The maximum absolute atomic E-state index is 7.00. The Labute approximate surface area is 99.5 Å². The fourth-order valence-corrected chi connectivity index (χ4v) is 2.12. The lowest BCUT2D eigenvalue weighted by atomic mass is 9.66. The largest absolute Gasteiger partial charge is 0.400 e. The normalized spacial score (nSPS) is 13.0. The molecular weight excluding hydrogens is 196 g/mol. The first kappa shape index (κ1) is 13.2. The van der Waals surface area contributed by atoms with Crippen molar-refractivity contribution in [3.05, 3.63) is 23.3 Å². The van der Waals surface area contributed by atoms with Crippen LogP contribution in [0.25, 0.3) is 11.1 Å². The van der Waals surface area contributed by atoms with Gasteiger partial charge >= 0.3 is 0 Å². The molecule has 0 aromatic rings. The summed E-state index contributed by atoms with van der Waals surface area (Å²) in [6, 6.07) is 4.68. The van der Waals surface area contributed by atoms with Crippen molar-refractivity contribution >= 4 is 0 Å². The van der Waals surface area contributed by atoms with Crippen molar-refractivity contribution in [1.82, 2.24) is 0 Å². The van der Waals surface area contributed by atoms with Crippen molar-refractivity contribution in [2.24, 2.45) is 0 Å². The van der Waals surface area contributed by atoms with Crippen molar-refractivity contribution in [2.45, 2.75) is 52.4 Å². The van der Waals surface area contributed by atoms with Crippen LogP contribution in [0, 0.1) is 0 Å². The Bertz CT molecular complexity index is 354. The molecule has 16 heavy (non-hydrogen) atoms. The fraction of sp³-hybridized carbons (Fsp3) is 0.600. The molecule has 0 bridgehead atoms. The molecule has 90 valence electrons. The molecule has 2 aliphatic carbocycles. The first-order chi connectivity index (χ1) is 7.21. The molecule has 0 atom stereocenters. The van der Waals surface area contributed by atoms with Gasteiger partial charge in [0.15, 0.2) is 0 Å². The summed E-state index contributed by atoms with van der Waals surface area (Å²) < 4.78 is 0. The summed E-state index contributed by atoms with van der Waals surface area (Å²) in [4.78, 5) is 0. The molecule has 0 aliphatic heterocycles. The van der Waals surface area contributed by atoms with Gasteiger partial charge < -0.3 is 5.11 Å². The maximum Gasteiger partial charge on any atom is 0.0319 e. The van der Waals surface area contributed by atoms with Crippen molar-refractivity contribution in [1.29, 1.82) is 0 Å². The van der Waals surface area contributed by atoms with Gasteiger partial charge in [-0.3, -0.25) is 0 Å². The molecule has 0 spiro atoms. The van der Waals surface area contributed by atoms with E-state index >= 15 is 0 Å². The van der Waals surface area contributed by atoms with E-state index in [0.29, 0.717) is 10.8 Å². The summed E-state index contributed by atoms with van der Waals surface area (Å²) >= 11 is 0. The van der Waals surface area contributed by atoms with Crippen LogP contribution >= 0.6 is 0 Å². The second-order valence-corrected chi connectivity index (χ2v) is 6.45. The molecule has 1 heteroatoms. The Morgan fingerprint density at radius 1 is 0.750 bits per heavy atom. The monoisotopic (exact) mass is 220 g/mol. The van der Waals surface area contributed by atoms with Gasteiger partial charge in [-0.05, 0) is 45.2 Å². The van der Waals surface area contributed by atoms with Gasteiger partial charge in [-0.25, -0.2) is 0 Å². The highest BCUT2D eigenvalue weighted by atomic mass is 16.2. The molecule has 0 fully saturated rings. The van der Waals surface area contributed by atoms with Crippen LogP contribution in [0.1, 0.15) is 52.7 Å². The Kier molecular flexibility index (Phi) is 3.22. The average Bonchev–Trinajstić information content (AvgIpc) is 2.08. The number of aliphatic hydroxyl groups is 1. The van der Waals surface area contributed by atoms with Gasteiger partial charge in [0.05, 0.1) is 0 Å². The zero-order valence-electron chi connectivity index (χ0n) is 11.6. The minimum absolute atomic E-state index is 0.309. The van der Waals surface area contributed by atoms with Crippen molar-refractivity contribution in [2.75, 3.05) is 7.11 Å². The highest BCUT2D eigenvalue weighted by Gasteiger charge is 2.34. The van der Waals surface area contributed by atoms with Crippen molar-refractivity contribution in [3.63, 3.8) is 0 Å². The summed E-state index contributed by atoms with van der Waals surface area (Å²) in [5.74, 6) is 0. The second-order valence-electron chi connectivity index (χ2n) is 6.45. The molecule has 2 rings (SSSR count). The van der Waals surface area contributed by atoms with Crippen LogP contribution in [-0.2, 0) is 10.8 Å². The van der Waals surface area contributed by atoms with Gasteiger partial charge in [-0.2, -0.15) is 0 Å². The van der Waals surface area contributed by atoms with E-state index in [2.05, 4.69) is 53.7 Å². The van der Waals surface area contributed by atoms with E-state index in [4.69, 9.17) is 5.11 Å². The number of rotatable bonds is 0. The predicted molar refractivity (Wildman–Crippen MR) is 71.0 cm³/mol. The third kappa shape index (κ3) is 2.01. The number of hydrogen-bond donors (Lipinski definition) is 1. The van der Waals surface area contributed by atoms with Crippen LogP contribution in [0.15, 0.2) is 12.1 Å². The minimum Gasteiger partial charge on any atom is -0.400 e. The summed E-state index contributed by atoms with van der Waals surface area (Å²) in [6.45, 7) is 13.8. The third-order valence-corrected chi connectivity index (χ3v) is 3.04. The fourth-order valence-electron chi connectivity index (χ4n) is 2.12. The van der Waals surface area contributed by atoms with Crippen LogP contribution in [-0.4, -0.2) is 12.2 Å². The summed E-state index contributed by atoms with van der Waals surface area (Å²) in [6.07, 6.45) is 0. The lowest BCUT2D eigenvalue weighted by Crippen LogP contribution is -2.25. The quantitative estimate of drug-likeness (QED) is 0.714. The smallest absolute Gasteiger partial charge is 0.0319 e. The summed E-state index contributed by atoms with van der Waals surface area (Å²) in [7, 11) is 1.00. The molecule has 0 aromatic heterocycles. The summed E-state index contributed by atoms with van der Waals surface area (Å²) in [5.41, 5.74) is 6.73. The molecule has 1 N–H and O–H groups in total. The first-order valence-corrected chi connectivity index (χ1v) is 5.85. The lowest BCUT2D eigenvalue weighted by molar-refractivity contribution is 0.399. The van der Waals surface area contributed by atoms with Crippen LogP contribution in [0.3, 0.4) is 0 Å². The third-order valence-electron chi connectivity index (χ3n) is 3.04. The van der Waals surface area contributed by atoms with Crippen molar-refractivity contribution < 1.29 is 5.11 Å². The van der Waals surface area contributed by atoms with Gasteiger partial charge in [0.25, 0.3) is 0 Å². The van der Waals surface area contributed by atoms with E-state index in [1.54, 1.807) is 16.7 Å². The van der Waals surface area contributed by atoms with E-state index in [1.165, 1.54) is 5.56 Å². The lowest BCUT2D eigenvalue weighted by Gasteiger charge is -2.38. The summed E-state index contributed by atoms with van der Waals surface area (Å²) in [5, 5.41) is 7.00. The van der Waals surface area contributed by atoms with E-state index < -0.39 is 0 Å². The Morgan fingerprint density at radius 3 is 1.25 bits per heavy atom. The first-order valence-electron chi connectivity index (χ1n) is 5.85. The van der Waals surface area contributed by atoms with Gasteiger partial charge in [-0.1, -0.05) is 41.5 Å². The van der Waals surface area contributed by atoms with Gasteiger partial charge in [0, 0.05) is 7.11 Å². The molecule has 0 aromatic carbocycles. The minimum atomic E-state index is 0.309. The Hall–Kier alpha value is -0.820. The van der Waals surface area contributed by atoms with E-state index in [0.717, 1.165) is 7.11 Å². The van der Waals surface area contributed by atoms with Crippen molar-refractivity contribution in [3.8, 4) is 11.1 Å². The highest BCUT2D eigenvalue weighted by molar-refractivity contribution is 5.87. The molecule has 0 heterocycles. The van der Waals surface area contributed by atoms with Gasteiger partial charge in [-0.15, -0.1) is 0 Å². The second kappa shape index (κ2) is 3.89. The molecule has 0 radical (unpaired) electrons. The topological polar surface area (TPSA) is 20.2 Å². The highest BCUT2D eigenvalue weighted by Crippen LogP contribution is 2.50. The molecule has 0 saturated carbocycles. The number of hydrogen-bond acceptors (Lipinski definition) is 1. The maximum atomic E-state index is 7.00. The average molecular weight is 220 g/mol. The zero-order valence-corrected chi connectivity index (χ0v) is 11.6. The predicted octanol–water partition coefficient (Wildman–Crippen LogP) is 3.87. The van der Waals surface area contributed by atoms with E-state index in [-0.39, 0.29) is 0 Å². The zero-order chi connectivity index (χ0) is 12.7. The van der Waals surface area contributed by atoms with Crippen LogP contribution < -0.4 is 0 Å². The standard InChI is InChI=1S/C14H20.CH4O/c1-13(2,3)10-7-9-8-11(12(9)10)14(4,5)6;1-2/h7-8H,1-6H3;2H,1H3. The van der Waals surface area contributed by atoms with Gasteiger partial charge in [0.2, 0.25) is 0 Å². The van der Waals surface area contributed by atoms with Crippen LogP contribution in [0.4, 0.5) is 0 Å². The molecule has 1 nitrogen and oxygen atoms in total. The molecule has 0 amide bonds. The van der Waals surface area contributed by atoms with Crippen LogP contribution in [0.2, 0.25) is 0 Å². The SMILES string of the molecule is CC(C)(C)c1cc2cc(C(C)(C)C)c1-2.CO. The number of benzene rings is 1. The molecule has 2 aliphatic rings. The molecule has 0 saturated heterocycles. The molecular formula is C15H24O. The Balaban J connectivity index is 0.000000606. The number of fused-ring (bicyclic) bond motifs is 1.